The average Bonchev–Trinajstić information content (AvgIpc) is 2.62. The first kappa shape index (κ1) is 12.1. The van der Waals surface area contributed by atoms with E-state index in [4.69, 9.17) is 0 Å². The van der Waals surface area contributed by atoms with E-state index in [2.05, 4.69) is 4.74 Å². The van der Waals surface area contributed by atoms with E-state index in [-0.39, 0.29) is 12.0 Å². The lowest BCUT2D eigenvalue weighted by molar-refractivity contribution is -0.143. The second kappa shape index (κ2) is 3.54. The van der Waals surface area contributed by atoms with E-state index < -0.39 is 23.5 Å². The Bertz CT molecular complexity index is 292. The molecule has 1 saturated carbocycles. The molecule has 0 N–H and O–H groups in total. The molecule has 1 rings (SSSR count). The molecule has 15 heavy (non-hydrogen) atoms. The zero-order valence-corrected chi connectivity index (χ0v) is 8.76. The molecule has 0 heterocycles. The number of ether oxygens (including phenoxy) is 1. The highest BCUT2D eigenvalue weighted by molar-refractivity contribution is 5.78. The SMILES string of the molecule is COC(=O)C1C(/C=C\C(F)(F)F)C1(C)C. The zero-order valence-electron chi connectivity index (χ0n) is 8.76. The van der Waals surface area contributed by atoms with Crippen LogP contribution in [0.4, 0.5) is 13.2 Å². The van der Waals surface area contributed by atoms with Crippen LogP contribution in [0.15, 0.2) is 12.2 Å². The monoisotopic (exact) mass is 222 g/mol. The third-order valence-corrected chi connectivity index (χ3v) is 2.86. The van der Waals surface area contributed by atoms with E-state index in [0.29, 0.717) is 0 Å². The van der Waals surface area contributed by atoms with Crippen LogP contribution in [0.1, 0.15) is 13.8 Å². The van der Waals surface area contributed by atoms with Gasteiger partial charge in [0.2, 0.25) is 0 Å². The fourth-order valence-corrected chi connectivity index (χ4v) is 1.83. The third-order valence-electron chi connectivity index (χ3n) is 2.86. The molecule has 2 nitrogen and oxygen atoms in total. The summed E-state index contributed by atoms with van der Waals surface area (Å²) in [6.07, 6.45) is -3.09. The maximum absolute atomic E-state index is 11.9. The number of hydrogen-bond acceptors (Lipinski definition) is 2. The molecule has 0 radical (unpaired) electrons. The molecule has 0 saturated heterocycles. The van der Waals surface area contributed by atoms with Gasteiger partial charge in [0.25, 0.3) is 0 Å². The molecule has 2 atom stereocenters. The van der Waals surface area contributed by atoms with Crippen molar-refractivity contribution in [1.82, 2.24) is 0 Å². The van der Waals surface area contributed by atoms with E-state index in [1.165, 1.54) is 7.11 Å². The second-order valence-corrected chi connectivity index (χ2v) is 4.25. The number of hydrogen-bond donors (Lipinski definition) is 0. The molecule has 1 fully saturated rings. The largest absolute Gasteiger partial charge is 0.469 e. The summed E-state index contributed by atoms with van der Waals surface area (Å²) in [6.45, 7) is 3.50. The molecule has 0 aliphatic heterocycles. The molecule has 86 valence electrons. The number of alkyl halides is 3. The van der Waals surface area contributed by atoms with Crippen LogP contribution < -0.4 is 0 Å². The molecule has 0 aromatic rings. The Labute approximate surface area is 86.1 Å². The number of esters is 1. The minimum atomic E-state index is -4.32. The Morgan fingerprint density at radius 2 is 1.93 bits per heavy atom. The Morgan fingerprint density at radius 1 is 1.40 bits per heavy atom. The van der Waals surface area contributed by atoms with Crippen LogP contribution in [0.3, 0.4) is 0 Å². The standard InChI is InChI=1S/C10H13F3O2/c1-9(2)6(4-5-10(11,12)13)7(9)8(14)15-3/h4-7H,1-3H3/b5-4-. The highest BCUT2D eigenvalue weighted by atomic mass is 19.4. The Morgan fingerprint density at radius 3 is 2.33 bits per heavy atom. The van der Waals surface area contributed by atoms with Crippen LogP contribution in [0.25, 0.3) is 0 Å². The number of carbonyl (C=O) groups is 1. The van der Waals surface area contributed by atoms with Gasteiger partial charge in [-0.1, -0.05) is 19.9 Å². The van der Waals surface area contributed by atoms with Gasteiger partial charge >= 0.3 is 12.1 Å². The first-order valence-corrected chi connectivity index (χ1v) is 4.54. The lowest BCUT2D eigenvalue weighted by Crippen LogP contribution is -2.07. The van der Waals surface area contributed by atoms with Gasteiger partial charge in [-0.25, -0.2) is 0 Å². The number of carbonyl (C=O) groups excluding carboxylic acids is 1. The second-order valence-electron chi connectivity index (χ2n) is 4.25. The van der Waals surface area contributed by atoms with Gasteiger partial charge in [0.15, 0.2) is 0 Å². The topological polar surface area (TPSA) is 26.3 Å². The minimum absolute atomic E-state index is 0.183. The summed E-state index contributed by atoms with van der Waals surface area (Å²) >= 11 is 0. The van der Waals surface area contributed by atoms with Crippen LogP contribution in [-0.2, 0) is 9.53 Å². The van der Waals surface area contributed by atoms with Crippen molar-refractivity contribution in [3.63, 3.8) is 0 Å². The van der Waals surface area contributed by atoms with Crippen molar-refractivity contribution in [1.29, 1.82) is 0 Å². The van der Waals surface area contributed by atoms with Gasteiger partial charge in [0.1, 0.15) is 0 Å². The molecular weight excluding hydrogens is 209 g/mol. The van der Waals surface area contributed by atoms with Crippen LogP contribution in [0, 0.1) is 17.3 Å². The van der Waals surface area contributed by atoms with Crippen LogP contribution in [-0.4, -0.2) is 19.3 Å². The van der Waals surface area contributed by atoms with Gasteiger partial charge in [-0.2, -0.15) is 13.2 Å². The summed E-state index contributed by atoms with van der Waals surface area (Å²) in [5, 5.41) is 0. The van der Waals surface area contributed by atoms with Gasteiger partial charge in [-0.05, 0) is 11.3 Å². The summed E-state index contributed by atoms with van der Waals surface area (Å²) in [5.74, 6) is -1.29. The number of rotatable bonds is 2. The highest BCUT2D eigenvalue weighted by Gasteiger charge is 2.61. The third kappa shape index (κ3) is 2.52. The minimum Gasteiger partial charge on any atom is -0.469 e. The van der Waals surface area contributed by atoms with Crippen molar-refractivity contribution >= 4 is 5.97 Å². The molecule has 0 aromatic heterocycles. The summed E-state index contributed by atoms with van der Waals surface area (Å²) in [7, 11) is 1.24. The molecule has 0 spiro atoms. The van der Waals surface area contributed by atoms with E-state index in [1.807, 2.05) is 0 Å². The van der Waals surface area contributed by atoms with Crippen molar-refractivity contribution in [3.8, 4) is 0 Å². The molecule has 0 amide bonds. The number of halogens is 3. The summed E-state index contributed by atoms with van der Waals surface area (Å²) < 4.78 is 40.2. The van der Waals surface area contributed by atoms with E-state index in [9.17, 15) is 18.0 Å². The van der Waals surface area contributed by atoms with Gasteiger partial charge in [-0.15, -0.1) is 0 Å². The summed E-state index contributed by atoms with van der Waals surface area (Å²) in [6, 6.07) is 0. The molecule has 1 aliphatic carbocycles. The molecule has 1 aliphatic rings. The molecule has 2 unspecified atom stereocenters. The maximum Gasteiger partial charge on any atom is 0.409 e. The first-order chi connectivity index (χ1) is 6.70. The maximum atomic E-state index is 11.9. The van der Waals surface area contributed by atoms with E-state index in [1.54, 1.807) is 13.8 Å². The molecule has 5 heteroatoms. The van der Waals surface area contributed by atoms with Crippen molar-refractivity contribution in [2.24, 2.45) is 17.3 Å². The van der Waals surface area contributed by atoms with Crippen molar-refractivity contribution < 1.29 is 22.7 Å². The Balaban J connectivity index is 2.67. The van der Waals surface area contributed by atoms with Crippen molar-refractivity contribution in [2.45, 2.75) is 20.0 Å². The van der Waals surface area contributed by atoms with E-state index >= 15 is 0 Å². The molecule has 0 bridgehead atoms. The predicted octanol–water partition coefficient (Wildman–Crippen LogP) is 2.55. The number of allylic oxidation sites excluding steroid dienone is 2. The normalized spacial score (nSPS) is 29.2. The van der Waals surface area contributed by atoms with Gasteiger partial charge in [0.05, 0.1) is 13.0 Å². The molecular formula is C10H13F3O2. The van der Waals surface area contributed by atoms with Gasteiger partial charge < -0.3 is 4.74 Å². The highest BCUT2D eigenvalue weighted by Crippen LogP contribution is 2.59. The number of methoxy groups -OCH3 is 1. The fraction of sp³-hybridized carbons (Fsp3) is 0.700. The Kier molecular flexibility index (Phi) is 2.85. The smallest absolute Gasteiger partial charge is 0.409 e. The lowest BCUT2D eigenvalue weighted by Gasteiger charge is -1.99. The van der Waals surface area contributed by atoms with Gasteiger partial charge in [-0.3, -0.25) is 4.79 Å². The average molecular weight is 222 g/mol. The predicted molar refractivity (Wildman–Crippen MR) is 48.0 cm³/mol. The molecule has 0 aromatic carbocycles. The van der Waals surface area contributed by atoms with Crippen molar-refractivity contribution in [2.75, 3.05) is 7.11 Å². The van der Waals surface area contributed by atoms with Gasteiger partial charge in [0, 0.05) is 6.08 Å². The fourth-order valence-electron chi connectivity index (χ4n) is 1.83. The summed E-state index contributed by atoms with van der Waals surface area (Å²) in [5.41, 5.74) is -0.436. The summed E-state index contributed by atoms with van der Waals surface area (Å²) in [4.78, 5) is 11.2. The quantitative estimate of drug-likeness (QED) is 0.530. The lowest BCUT2D eigenvalue weighted by atomic mass is 10.1. The van der Waals surface area contributed by atoms with Crippen LogP contribution in [0.2, 0.25) is 0 Å². The zero-order chi connectivity index (χ0) is 11.9. The van der Waals surface area contributed by atoms with Crippen LogP contribution in [0.5, 0.6) is 0 Å². The first-order valence-electron chi connectivity index (χ1n) is 4.54. The van der Waals surface area contributed by atoms with Crippen molar-refractivity contribution in [3.05, 3.63) is 12.2 Å². The Hall–Kier alpha value is -1.00. The van der Waals surface area contributed by atoms with E-state index in [0.717, 1.165) is 6.08 Å². The van der Waals surface area contributed by atoms with Crippen LogP contribution >= 0.6 is 0 Å².